The molecule has 2 aromatic rings. The first kappa shape index (κ1) is 17.8. The molecule has 0 unspecified atom stereocenters. The maximum absolute atomic E-state index is 12.1. The molecule has 0 aliphatic rings. The summed E-state index contributed by atoms with van der Waals surface area (Å²) >= 11 is 12.0. The van der Waals surface area contributed by atoms with E-state index in [0.29, 0.717) is 11.4 Å². The zero-order valence-corrected chi connectivity index (χ0v) is 15.1. The normalized spacial score (nSPS) is 12.0. The Hall–Kier alpha value is -1.57. The molecule has 0 aliphatic carbocycles. The SMILES string of the molecule is CC(=O)/C(CCc1ccc(Cl)cc1)=C(\C)c1cc(Cl)ccc1C. The van der Waals surface area contributed by atoms with E-state index in [9.17, 15) is 4.79 Å². The predicted molar refractivity (Wildman–Crippen MR) is 99.2 cm³/mol. The van der Waals surface area contributed by atoms with Crippen molar-refractivity contribution in [2.24, 2.45) is 0 Å². The quantitative estimate of drug-likeness (QED) is 0.580. The number of carbonyl (C=O) groups excluding carboxylic acids is 1. The van der Waals surface area contributed by atoms with Gasteiger partial charge in [0.15, 0.2) is 5.78 Å². The van der Waals surface area contributed by atoms with Crippen molar-refractivity contribution >= 4 is 34.6 Å². The Kier molecular flexibility index (Phi) is 6.04. The highest BCUT2D eigenvalue weighted by Gasteiger charge is 2.12. The zero-order valence-electron chi connectivity index (χ0n) is 13.6. The van der Waals surface area contributed by atoms with E-state index in [1.54, 1.807) is 6.92 Å². The van der Waals surface area contributed by atoms with Crippen LogP contribution in [0.1, 0.15) is 37.0 Å². The lowest BCUT2D eigenvalue weighted by atomic mass is 9.92. The highest BCUT2D eigenvalue weighted by atomic mass is 35.5. The molecule has 2 aromatic carbocycles. The highest BCUT2D eigenvalue weighted by molar-refractivity contribution is 6.31. The van der Waals surface area contributed by atoms with Gasteiger partial charge in [0.25, 0.3) is 0 Å². The Balaban J connectivity index is 2.30. The van der Waals surface area contributed by atoms with E-state index in [0.717, 1.165) is 33.7 Å². The van der Waals surface area contributed by atoms with Crippen LogP contribution in [0.3, 0.4) is 0 Å². The summed E-state index contributed by atoms with van der Waals surface area (Å²) in [5.41, 5.74) is 5.19. The Bertz CT molecular complexity index is 743. The van der Waals surface area contributed by atoms with Crippen molar-refractivity contribution < 1.29 is 4.79 Å². The summed E-state index contributed by atoms with van der Waals surface area (Å²) in [5, 5.41) is 1.41. The maximum atomic E-state index is 12.1. The molecule has 0 atom stereocenters. The number of rotatable bonds is 5. The molecule has 1 nitrogen and oxygen atoms in total. The zero-order chi connectivity index (χ0) is 17.0. The van der Waals surface area contributed by atoms with E-state index >= 15 is 0 Å². The minimum absolute atomic E-state index is 0.107. The second kappa shape index (κ2) is 7.81. The molecule has 23 heavy (non-hydrogen) atoms. The molecule has 0 N–H and O–H groups in total. The lowest BCUT2D eigenvalue weighted by Crippen LogP contribution is -2.03. The third-order valence-corrected chi connectivity index (χ3v) is 4.55. The maximum Gasteiger partial charge on any atom is 0.156 e. The first-order valence-electron chi connectivity index (χ1n) is 7.60. The van der Waals surface area contributed by atoms with Crippen molar-refractivity contribution in [3.05, 3.63) is 74.8 Å². The molecular weight excluding hydrogens is 327 g/mol. The van der Waals surface area contributed by atoms with Crippen LogP contribution in [0.2, 0.25) is 10.0 Å². The number of hydrogen-bond acceptors (Lipinski definition) is 1. The van der Waals surface area contributed by atoms with Crippen LogP contribution in [0.4, 0.5) is 0 Å². The van der Waals surface area contributed by atoms with Gasteiger partial charge in [-0.15, -0.1) is 0 Å². The first-order chi connectivity index (χ1) is 10.9. The van der Waals surface area contributed by atoms with Crippen LogP contribution in [0.25, 0.3) is 5.57 Å². The first-order valence-corrected chi connectivity index (χ1v) is 8.35. The van der Waals surface area contributed by atoms with Crippen LogP contribution in [-0.4, -0.2) is 5.78 Å². The number of carbonyl (C=O) groups is 1. The fourth-order valence-corrected chi connectivity index (χ4v) is 3.01. The van der Waals surface area contributed by atoms with Gasteiger partial charge < -0.3 is 0 Å². The second-order valence-electron chi connectivity index (χ2n) is 5.75. The minimum atomic E-state index is 0.107. The van der Waals surface area contributed by atoms with Crippen molar-refractivity contribution in [3.8, 4) is 0 Å². The number of halogens is 2. The van der Waals surface area contributed by atoms with E-state index in [-0.39, 0.29) is 5.78 Å². The van der Waals surface area contributed by atoms with Gasteiger partial charge in [-0.2, -0.15) is 0 Å². The Morgan fingerprint density at radius 2 is 1.57 bits per heavy atom. The minimum Gasteiger partial charge on any atom is -0.295 e. The van der Waals surface area contributed by atoms with Crippen LogP contribution in [0.5, 0.6) is 0 Å². The van der Waals surface area contributed by atoms with Gasteiger partial charge in [-0.25, -0.2) is 0 Å². The van der Waals surface area contributed by atoms with Gasteiger partial charge in [0, 0.05) is 10.0 Å². The van der Waals surface area contributed by atoms with E-state index in [2.05, 4.69) is 0 Å². The van der Waals surface area contributed by atoms with Gasteiger partial charge in [0.1, 0.15) is 0 Å². The molecular formula is C20H20Cl2O. The third kappa shape index (κ3) is 4.70. The average Bonchev–Trinajstić information content (AvgIpc) is 2.51. The summed E-state index contributed by atoms with van der Waals surface area (Å²) in [6.45, 7) is 5.66. The molecule has 120 valence electrons. The fourth-order valence-electron chi connectivity index (χ4n) is 2.71. The predicted octanol–water partition coefficient (Wildman–Crippen LogP) is 6.30. The van der Waals surface area contributed by atoms with Crippen molar-refractivity contribution in [2.45, 2.75) is 33.6 Å². The molecule has 0 fully saturated rings. The summed E-state index contributed by atoms with van der Waals surface area (Å²) in [7, 11) is 0. The van der Waals surface area contributed by atoms with Gasteiger partial charge in [0.05, 0.1) is 0 Å². The number of hydrogen-bond donors (Lipinski definition) is 0. The van der Waals surface area contributed by atoms with Crippen LogP contribution >= 0.6 is 23.2 Å². The van der Waals surface area contributed by atoms with Gasteiger partial charge >= 0.3 is 0 Å². The molecule has 0 saturated heterocycles. The van der Waals surface area contributed by atoms with Crippen LogP contribution < -0.4 is 0 Å². The lowest BCUT2D eigenvalue weighted by Gasteiger charge is -2.13. The van der Waals surface area contributed by atoms with E-state index in [4.69, 9.17) is 23.2 Å². The van der Waals surface area contributed by atoms with Crippen LogP contribution in [0, 0.1) is 6.92 Å². The summed E-state index contributed by atoms with van der Waals surface area (Å²) < 4.78 is 0. The van der Waals surface area contributed by atoms with Gasteiger partial charge in [0.2, 0.25) is 0 Å². The lowest BCUT2D eigenvalue weighted by molar-refractivity contribution is -0.113. The largest absolute Gasteiger partial charge is 0.295 e. The number of benzene rings is 2. The molecule has 0 amide bonds. The summed E-state index contributed by atoms with van der Waals surface area (Å²) in [5.74, 6) is 0.107. The van der Waals surface area contributed by atoms with Crippen molar-refractivity contribution in [3.63, 3.8) is 0 Å². The molecule has 0 heterocycles. The molecule has 0 aliphatic heterocycles. The second-order valence-corrected chi connectivity index (χ2v) is 6.62. The fraction of sp³-hybridized carbons (Fsp3) is 0.250. The van der Waals surface area contributed by atoms with Gasteiger partial charge in [-0.1, -0.05) is 41.4 Å². The van der Waals surface area contributed by atoms with Crippen LogP contribution in [0.15, 0.2) is 48.0 Å². The van der Waals surface area contributed by atoms with Crippen molar-refractivity contribution in [1.29, 1.82) is 0 Å². The Labute approximate surface area is 147 Å². The average molecular weight is 347 g/mol. The molecule has 2 rings (SSSR count). The number of ketones is 1. The standard InChI is InChI=1S/C20H20Cl2O/c1-13-4-8-18(22)12-20(13)14(2)19(15(3)23)11-7-16-5-9-17(21)10-6-16/h4-6,8-10,12H,7,11H2,1-3H3/b19-14+. The molecule has 0 saturated carbocycles. The number of aryl methyl sites for hydroxylation is 2. The number of allylic oxidation sites excluding steroid dienone is 2. The summed E-state index contributed by atoms with van der Waals surface area (Å²) in [4.78, 5) is 12.1. The summed E-state index contributed by atoms with van der Waals surface area (Å²) in [6.07, 6.45) is 1.51. The number of Topliss-reactive ketones (excluding diaryl/α,β-unsaturated/α-hetero) is 1. The molecule has 0 aromatic heterocycles. The van der Waals surface area contributed by atoms with Crippen molar-refractivity contribution in [1.82, 2.24) is 0 Å². The van der Waals surface area contributed by atoms with E-state index in [1.807, 2.05) is 56.3 Å². The topological polar surface area (TPSA) is 17.1 Å². The Morgan fingerprint density at radius 3 is 2.17 bits per heavy atom. The van der Waals surface area contributed by atoms with E-state index < -0.39 is 0 Å². The van der Waals surface area contributed by atoms with Crippen LogP contribution in [-0.2, 0) is 11.2 Å². The van der Waals surface area contributed by atoms with Gasteiger partial charge in [-0.05, 0) is 85.7 Å². The molecule has 0 bridgehead atoms. The van der Waals surface area contributed by atoms with Crippen molar-refractivity contribution in [2.75, 3.05) is 0 Å². The molecule has 3 heteroatoms. The third-order valence-electron chi connectivity index (χ3n) is 4.06. The Morgan fingerprint density at radius 1 is 0.957 bits per heavy atom. The smallest absolute Gasteiger partial charge is 0.156 e. The molecule has 0 radical (unpaired) electrons. The van der Waals surface area contributed by atoms with E-state index in [1.165, 1.54) is 5.56 Å². The monoisotopic (exact) mass is 346 g/mol. The highest BCUT2D eigenvalue weighted by Crippen LogP contribution is 2.27. The molecule has 0 spiro atoms. The summed E-state index contributed by atoms with van der Waals surface area (Å²) in [6, 6.07) is 13.5. The van der Waals surface area contributed by atoms with Gasteiger partial charge in [-0.3, -0.25) is 4.79 Å².